The van der Waals surface area contributed by atoms with E-state index in [0.717, 1.165) is 31.8 Å². The molecular formula is C32H30BClN6O5S. The average Bonchev–Trinajstić information content (AvgIpc) is 3.61. The summed E-state index contributed by atoms with van der Waals surface area (Å²) in [6.45, 7) is 2.00. The quantitative estimate of drug-likeness (QED) is 0.169. The zero-order valence-electron chi connectivity index (χ0n) is 25.0. The van der Waals surface area contributed by atoms with Gasteiger partial charge in [0.2, 0.25) is 11.8 Å². The summed E-state index contributed by atoms with van der Waals surface area (Å²) in [6, 6.07) is 19.6. The van der Waals surface area contributed by atoms with E-state index in [1.807, 2.05) is 54.0 Å². The third-order valence-electron chi connectivity index (χ3n) is 7.67. The van der Waals surface area contributed by atoms with Gasteiger partial charge < -0.3 is 25.4 Å². The van der Waals surface area contributed by atoms with Crippen molar-refractivity contribution in [3.05, 3.63) is 99.4 Å². The monoisotopic (exact) mass is 656 g/mol. The molecule has 5 aromatic rings. The van der Waals surface area contributed by atoms with E-state index in [2.05, 4.69) is 20.8 Å². The van der Waals surface area contributed by atoms with Gasteiger partial charge in [-0.3, -0.25) is 19.1 Å². The molecular weight excluding hydrogens is 627 g/mol. The van der Waals surface area contributed by atoms with Gasteiger partial charge in [0.25, 0.3) is 0 Å². The molecule has 3 aromatic carbocycles. The predicted molar refractivity (Wildman–Crippen MR) is 178 cm³/mol. The second-order valence-electron chi connectivity index (χ2n) is 10.8. The Bertz CT molecular complexity index is 1960. The van der Waals surface area contributed by atoms with Crippen LogP contribution in [0.25, 0.3) is 15.8 Å². The highest BCUT2D eigenvalue weighted by atomic mass is 35.5. The van der Waals surface area contributed by atoms with E-state index in [9.17, 15) is 19.6 Å². The van der Waals surface area contributed by atoms with E-state index in [0.29, 0.717) is 46.6 Å². The molecule has 46 heavy (non-hydrogen) atoms. The summed E-state index contributed by atoms with van der Waals surface area (Å²) in [4.78, 5) is 31.8. The SMILES string of the molecule is COc1ccc2c(c1)C(c1ccc(Cl)cc1)=NC(CC(=O)NCC(=O)NCCc1cc3cccc(B(O)O)c3s1)c1nnc(C)n1-2. The number of hydrogen-bond donors (Lipinski definition) is 4. The molecule has 2 amide bonds. The standard InChI is InChI=1S/C32H30BClN6O5S/c1-18-38-39-32-26(37-30(19-6-8-21(34)9-7-19)24-15-22(45-2)10-11-27(24)40(18)32)16-28(41)36-17-29(42)35-13-12-23-14-20-4-3-5-25(33(43)44)31(20)46-23/h3-11,14-15,26,43-44H,12-13,16-17H2,1-2H3,(H,35,42)(H,36,41). The normalized spacial score (nSPS) is 13.8. The van der Waals surface area contributed by atoms with Crippen molar-refractivity contribution in [3.8, 4) is 11.4 Å². The Morgan fingerprint density at radius 2 is 1.85 bits per heavy atom. The number of ether oxygens (including phenoxy) is 1. The lowest BCUT2D eigenvalue weighted by Crippen LogP contribution is -2.38. The van der Waals surface area contributed by atoms with E-state index in [-0.39, 0.29) is 24.8 Å². The summed E-state index contributed by atoms with van der Waals surface area (Å²) in [7, 11) is 0.0467. The Morgan fingerprint density at radius 3 is 2.61 bits per heavy atom. The van der Waals surface area contributed by atoms with Gasteiger partial charge >= 0.3 is 7.12 Å². The Hall–Kier alpha value is -4.56. The van der Waals surface area contributed by atoms with Crippen molar-refractivity contribution in [1.29, 1.82) is 0 Å². The van der Waals surface area contributed by atoms with Crippen LogP contribution in [-0.2, 0) is 16.0 Å². The summed E-state index contributed by atoms with van der Waals surface area (Å²) in [5.74, 6) is 1.10. The highest BCUT2D eigenvalue weighted by Crippen LogP contribution is 2.34. The number of nitrogens with one attached hydrogen (secondary N) is 2. The Kier molecular flexibility index (Phi) is 9.18. The van der Waals surface area contributed by atoms with Gasteiger partial charge in [-0.1, -0.05) is 41.9 Å². The first-order valence-electron chi connectivity index (χ1n) is 14.6. The molecule has 4 N–H and O–H groups in total. The first-order valence-corrected chi connectivity index (χ1v) is 15.8. The fourth-order valence-electron chi connectivity index (χ4n) is 5.46. The molecule has 0 radical (unpaired) electrons. The number of aliphatic imine (C=N–C) groups is 1. The summed E-state index contributed by atoms with van der Waals surface area (Å²) in [5.41, 5.74) is 3.50. The topological polar surface area (TPSA) is 151 Å². The molecule has 1 unspecified atom stereocenters. The van der Waals surface area contributed by atoms with E-state index < -0.39 is 13.2 Å². The van der Waals surface area contributed by atoms with E-state index in [1.54, 1.807) is 31.4 Å². The molecule has 11 nitrogen and oxygen atoms in total. The van der Waals surface area contributed by atoms with E-state index in [4.69, 9.17) is 21.3 Å². The minimum Gasteiger partial charge on any atom is -0.497 e. The minimum absolute atomic E-state index is 0.0611. The fourth-order valence-corrected chi connectivity index (χ4v) is 6.77. The molecule has 0 spiro atoms. The number of halogens is 1. The van der Waals surface area contributed by atoms with Crippen LogP contribution < -0.4 is 20.8 Å². The number of amides is 2. The van der Waals surface area contributed by atoms with Gasteiger partial charge in [-0.25, -0.2) is 0 Å². The van der Waals surface area contributed by atoms with Crippen LogP contribution >= 0.6 is 22.9 Å². The van der Waals surface area contributed by atoms with Gasteiger partial charge in [0.1, 0.15) is 17.6 Å². The highest BCUT2D eigenvalue weighted by molar-refractivity contribution is 7.20. The summed E-state index contributed by atoms with van der Waals surface area (Å²) in [6.07, 6.45) is 0.499. The Balaban J connectivity index is 1.15. The van der Waals surface area contributed by atoms with Crippen LogP contribution in [0.1, 0.15) is 40.1 Å². The third-order valence-corrected chi connectivity index (χ3v) is 9.18. The maximum absolute atomic E-state index is 13.2. The molecule has 1 aliphatic rings. The van der Waals surface area contributed by atoms with Crippen molar-refractivity contribution < 1.29 is 24.4 Å². The lowest BCUT2D eigenvalue weighted by Gasteiger charge is -2.14. The van der Waals surface area contributed by atoms with Gasteiger partial charge in [-0.05, 0) is 60.6 Å². The highest BCUT2D eigenvalue weighted by Gasteiger charge is 2.30. The molecule has 14 heteroatoms. The number of nitrogens with zero attached hydrogens (tertiary/aromatic N) is 4. The number of methoxy groups -OCH3 is 1. The van der Waals surface area contributed by atoms with Gasteiger partial charge in [0, 0.05) is 32.3 Å². The first kappa shape index (κ1) is 31.4. The summed E-state index contributed by atoms with van der Waals surface area (Å²) < 4.78 is 8.21. The molecule has 0 bridgehead atoms. The number of thiophene rings is 1. The fraction of sp³-hybridized carbons (Fsp3) is 0.219. The molecule has 6 rings (SSSR count). The molecule has 1 atom stereocenters. The van der Waals surface area contributed by atoms with Crippen LogP contribution in [0, 0.1) is 6.92 Å². The minimum atomic E-state index is -1.55. The zero-order valence-corrected chi connectivity index (χ0v) is 26.6. The second kappa shape index (κ2) is 13.4. The van der Waals surface area contributed by atoms with Crippen molar-refractivity contribution in [1.82, 2.24) is 25.4 Å². The molecule has 0 saturated carbocycles. The number of fused-ring (bicyclic) bond motifs is 4. The smallest absolute Gasteiger partial charge is 0.489 e. The zero-order chi connectivity index (χ0) is 32.4. The third kappa shape index (κ3) is 6.54. The number of benzene rings is 3. The Morgan fingerprint density at radius 1 is 1.04 bits per heavy atom. The Labute approximate surface area is 274 Å². The van der Waals surface area contributed by atoms with Gasteiger partial charge in [-0.2, -0.15) is 0 Å². The van der Waals surface area contributed by atoms with Crippen molar-refractivity contribution >= 4 is 63.1 Å². The van der Waals surface area contributed by atoms with E-state index >= 15 is 0 Å². The predicted octanol–water partition coefficient (Wildman–Crippen LogP) is 2.89. The number of carbonyl (C=O) groups is 2. The van der Waals surface area contributed by atoms with Crippen molar-refractivity contribution in [2.45, 2.75) is 25.8 Å². The van der Waals surface area contributed by atoms with Gasteiger partial charge in [0.05, 0.1) is 31.5 Å². The van der Waals surface area contributed by atoms with Crippen LogP contribution in [0.15, 0.2) is 71.7 Å². The lowest BCUT2D eigenvalue weighted by atomic mass is 9.80. The van der Waals surface area contributed by atoms with Crippen LogP contribution in [0.3, 0.4) is 0 Å². The maximum Gasteiger partial charge on any atom is 0.489 e. The molecule has 0 aliphatic carbocycles. The average molecular weight is 657 g/mol. The maximum atomic E-state index is 13.2. The first-order chi connectivity index (χ1) is 22.2. The number of hydrogen-bond acceptors (Lipinski definition) is 9. The summed E-state index contributed by atoms with van der Waals surface area (Å²) in [5, 5.41) is 35.0. The summed E-state index contributed by atoms with van der Waals surface area (Å²) >= 11 is 7.63. The molecule has 2 aromatic heterocycles. The van der Waals surface area contributed by atoms with Crippen molar-refractivity contribution in [2.75, 3.05) is 20.2 Å². The number of rotatable bonds is 10. The largest absolute Gasteiger partial charge is 0.497 e. The van der Waals surface area contributed by atoms with Crippen molar-refractivity contribution in [2.24, 2.45) is 4.99 Å². The van der Waals surface area contributed by atoms with Crippen LogP contribution in [-0.4, -0.2) is 69.7 Å². The lowest BCUT2D eigenvalue weighted by molar-refractivity contribution is -0.126. The van der Waals surface area contributed by atoms with Crippen molar-refractivity contribution in [3.63, 3.8) is 0 Å². The molecule has 0 saturated heterocycles. The van der Waals surface area contributed by atoms with Crippen LogP contribution in [0.5, 0.6) is 5.75 Å². The molecule has 0 fully saturated rings. The van der Waals surface area contributed by atoms with Gasteiger partial charge in [-0.15, -0.1) is 21.5 Å². The molecule has 3 heterocycles. The van der Waals surface area contributed by atoms with Gasteiger partial charge in [0.15, 0.2) is 5.82 Å². The number of aryl methyl sites for hydroxylation is 1. The van der Waals surface area contributed by atoms with Crippen LogP contribution in [0.2, 0.25) is 5.02 Å². The molecule has 234 valence electrons. The van der Waals surface area contributed by atoms with E-state index in [1.165, 1.54) is 11.3 Å². The number of aromatic nitrogens is 3. The van der Waals surface area contributed by atoms with Crippen LogP contribution in [0.4, 0.5) is 0 Å². The molecule has 1 aliphatic heterocycles. The second-order valence-corrected chi connectivity index (χ2v) is 12.3. The number of carbonyl (C=O) groups excluding carboxylic acids is 2.